The zero-order chi connectivity index (χ0) is 15.8. The predicted molar refractivity (Wildman–Crippen MR) is 86.8 cm³/mol. The molecule has 0 saturated heterocycles. The van der Waals surface area contributed by atoms with E-state index in [1.165, 1.54) is 6.20 Å². The topological polar surface area (TPSA) is 71.1 Å². The van der Waals surface area contributed by atoms with Crippen LogP contribution in [0.2, 0.25) is 0 Å². The molecule has 0 bridgehead atoms. The summed E-state index contributed by atoms with van der Waals surface area (Å²) in [4.78, 5) is 27.9. The Labute approximate surface area is 129 Å². The maximum atomic E-state index is 12.2. The average Bonchev–Trinajstić information content (AvgIpc) is 2.55. The molecule has 0 saturated carbocycles. The van der Waals surface area contributed by atoms with Crippen molar-refractivity contribution in [3.63, 3.8) is 0 Å². The molecule has 0 radical (unpaired) electrons. The summed E-state index contributed by atoms with van der Waals surface area (Å²) in [6.07, 6.45) is 5.39. The van der Waals surface area contributed by atoms with E-state index in [4.69, 9.17) is 0 Å². The predicted octanol–water partition coefficient (Wildman–Crippen LogP) is 3.46. The Bertz CT molecular complexity index is 641. The van der Waals surface area contributed by atoms with Crippen molar-refractivity contribution in [3.8, 4) is 0 Å². The Morgan fingerprint density at radius 3 is 2.41 bits per heavy atom. The normalized spacial score (nSPS) is 10.0. The van der Waals surface area contributed by atoms with Crippen molar-refractivity contribution in [2.75, 3.05) is 10.6 Å². The number of para-hydroxylation sites is 2. The highest BCUT2D eigenvalue weighted by molar-refractivity contribution is 6.07. The highest BCUT2D eigenvalue weighted by Gasteiger charge is 2.10. The fourth-order valence-electron chi connectivity index (χ4n) is 1.94. The number of carbonyl (C=O) groups is 2. The Kier molecular flexibility index (Phi) is 5.65. The molecular weight excluding hydrogens is 278 g/mol. The number of carbonyl (C=O) groups excluding carboxylic acids is 2. The SMILES string of the molecule is CCCCC(=O)Nc1ccccc1NC(=O)c1cccnc1. The highest BCUT2D eigenvalue weighted by Crippen LogP contribution is 2.22. The summed E-state index contributed by atoms with van der Waals surface area (Å²) < 4.78 is 0. The van der Waals surface area contributed by atoms with Gasteiger partial charge in [0.1, 0.15) is 0 Å². The van der Waals surface area contributed by atoms with Gasteiger partial charge in [0.2, 0.25) is 5.91 Å². The molecule has 1 heterocycles. The van der Waals surface area contributed by atoms with Crippen LogP contribution in [-0.4, -0.2) is 16.8 Å². The van der Waals surface area contributed by atoms with Crippen LogP contribution in [0.15, 0.2) is 48.8 Å². The van der Waals surface area contributed by atoms with Crippen LogP contribution in [0.3, 0.4) is 0 Å². The van der Waals surface area contributed by atoms with E-state index in [-0.39, 0.29) is 11.8 Å². The summed E-state index contributed by atoms with van der Waals surface area (Å²) in [5, 5.41) is 5.63. The number of nitrogens with zero attached hydrogens (tertiary/aromatic N) is 1. The average molecular weight is 297 g/mol. The summed E-state index contributed by atoms with van der Waals surface area (Å²) in [6, 6.07) is 10.5. The second kappa shape index (κ2) is 7.93. The minimum absolute atomic E-state index is 0.0510. The Balaban J connectivity index is 2.08. The zero-order valence-corrected chi connectivity index (χ0v) is 12.5. The minimum atomic E-state index is -0.261. The molecule has 2 rings (SSSR count). The van der Waals surface area contributed by atoms with Gasteiger partial charge in [-0.2, -0.15) is 0 Å². The zero-order valence-electron chi connectivity index (χ0n) is 12.5. The van der Waals surface area contributed by atoms with Crippen molar-refractivity contribution in [3.05, 3.63) is 54.4 Å². The second-order valence-corrected chi connectivity index (χ2v) is 4.89. The number of hydrogen-bond donors (Lipinski definition) is 2. The first-order valence-electron chi connectivity index (χ1n) is 7.31. The summed E-state index contributed by atoms with van der Waals surface area (Å²) in [5.41, 5.74) is 1.64. The van der Waals surface area contributed by atoms with Crippen LogP contribution in [0.1, 0.15) is 36.5 Å². The van der Waals surface area contributed by atoms with Crippen molar-refractivity contribution < 1.29 is 9.59 Å². The lowest BCUT2D eigenvalue weighted by Crippen LogP contribution is -2.16. The van der Waals surface area contributed by atoms with Gasteiger partial charge in [0.25, 0.3) is 5.91 Å². The Hall–Kier alpha value is -2.69. The maximum absolute atomic E-state index is 12.2. The molecular formula is C17H19N3O2. The number of amides is 2. The van der Waals surface area contributed by atoms with Gasteiger partial charge in [0.15, 0.2) is 0 Å². The van der Waals surface area contributed by atoms with Gasteiger partial charge in [-0.05, 0) is 30.7 Å². The van der Waals surface area contributed by atoms with E-state index in [1.54, 1.807) is 36.5 Å². The number of hydrogen-bond acceptors (Lipinski definition) is 3. The molecule has 2 N–H and O–H groups in total. The molecule has 0 aliphatic carbocycles. The monoisotopic (exact) mass is 297 g/mol. The van der Waals surface area contributed by atoms with Gasteiger partial charge in [-0.25, -0.2) is 0 Å². The largest absolute Gasteiger partial charge is 0.324 e. The third kappa shape index (κ3) is 4.41. The van der Waals surface area contributed by atoms with Crippen LogP contribution in [0.25, 0.3) is 0 Å². The molecule has 0 atom stereocenters. The lowest BCUT2D eigenvalue weighted by molar-refractivity contribution is -0.116. The molecule has 0 aliphatic rings. The third-order valence-electron chi connectivity index (χ3n) is 3.13. The second-order valence-electron chi connectivity index (χ2n) is 4.89. The van der Waals surface area contributed by atoms with Gasteiger partial charge in [0, 0.05) is 18.8 Å². The molecule has 0 aliphatic heterocycles. The molecule has 0 unspecified atom stereocenters. The molecule has 0 fully saturated rings. The number of anilines is 2. The standard InChI is InChI=1S/C17H19N3O2/c1-2-3-10-16(21)19-14-8-4-5-9-15(14)20-17(22)13-7-6-11-18-12-13/h4-9,11-12H,2-3,10H2,1H3,(H,19,21)(H,20,22). The summed E-state index contributed by atoms with van der Waals surface area (Å²) in [7, 11) is 0. The highest BCUT2D eigenvalue weighted by atomic mass is 16.2. The summed E-state index contributed by atoms with van der Waals surface area (Å²) >= 11 is 0. The number of aromatic nitrogens is 1. The van der Waals surface area contributed by atoms with Crippen LogP contribution in [0, 0.1) is 0 Å². The smallest absolute Gasteiger partial charge is 0.257 e. The van der Waals surface area contributed by atoms with Crippen LogP contribution in [0.5, 0.6) is 0 Å². The van der Waals surface area contributed by atoms with Gasteiger partial charge in [-0.15, -0.1) is 0 Å². The van der Waals surface area contributed by atoms with E-state index in [1.807, 2.05) is 13.0 Å². The minimum Gasteiger partial charge on any atom is -0.324 e. The van der Waals surface area contributed by atoms with Gasteiger partial charge < -0.3 is 10.6 Å². The van der Waals surface area contributed by atoms with E-state index in [0.717, 1.165) is 12.8 Å². The fourth-order valence-corrected chi connectivity index (χ4v) is 1.94. The molecule has 2 aromatic rings. The van der Waals surface area contributed by atoms with Gasteiger partial charge >= 0.3 is 0 Å². The van der Waals surface area contributed by atoms with E-state index >= 15 is 0 Å². The fraction of sp³-hybridized carbons (Fsp3) is 0.235. The number of benzene rings is 1. The van der Waals surface area contributed by atoms with E-state index in [9.17, 15) is 9.59 Å². The van der Waals surface area contributed by atoms with Gasteiger partial charge in [0.05, 0.1) is 16.9 Å². The van der Waals surface area contributed by atoms with Crippen LogP contribution in [-0.2, 0) is 4.79 Å². The van der Waals surface area contributed by atoms with Crippen molar-refractivity contribution in [1.29, 1.82) is 0 Å². The third-order valence-corrected chi connectivity index (χ3v) is 3.13. The summed E-state index contributed by atoms with van der Waals surface area (Å²) in [5.74, 6) is -0.312. The molecule has 114 valence electrons. The van der Waals surface area contributed by atoms with Crippen LogP contribution >= 0.6 is 0 Å². The molecule has 1 aromatic carbocycles. The van der Waals surface area contributed by atoms with Crippen LogP contribution in [0.4, 0.5) is 11.4 Å². The first-order valence-corrected chi connectivity index (χ1v) is 7.31. The molecule has 22 heavy (non-hydrogen) atoms. The van der Waals surface area contributed by atoms with E-state index in [2.05, 4.69) is 15.6 Å². The number of nitrogens with one attached hydrogen (secondary N) is 2. The van der Waals surface area contributed by atoms with Gasteiger partial charge in [-0.3, -0.25) is 14.6 Å². The number of unbranched alkanes of at least 4 members (excludes halogenated alkanes) is 1. The van der Waals surface area contributed by atoms with Crippen molar-refractivity contribution in [2.24, 2.45) is 0 Å². The maximum Gasteiger partial charge on any atom is 0.257 e. The van der Waals surface area contributed by atoms with Crippen molar-refractivity contribution in [1.82, 2.24) is 4.98 Å². The first kappa shape index (κ1) is 15.7. The lowest BCUT2D eigenvalue weighted by atomic mass is 10.2. The molecule has 1 aromatic heterocycles. The molecule has 0 spiro atoms. The van der Waals surface area contributed by atoms with Gasteiger partial charge in [-0.1, -0.05) is 25.5 Å². The lowest BCUT2D eigenvalue weighted by Gasteiger charge is -2.12. The number of rotatable bonds is 6. The first-order chi connectivity index (χ1) is 10.7. The Morgan fingerprint density at radius 2 is 1.77 bits per heavy atom. The van der Waals surface area contributed by atoms with Crippen molar-refractivity contribution in [2.45, 2.75) is 26.2 Å². The van der Waals surface area contributed by atoms with Crippen LogP contribution < -0.4 is 10.6 Å². The molecule has 5 nitrogen and oxygen atoms in total. The summed E-state index contributed by atoms with van der Waals surface area (Å²) in [6.45, 7) is 2.04. The number of pyridine rings is 1. The van der Waals surface area contributed by atoms with Crippen molar-refractivity contribution >= 4 is 23.2 Å². The quantitative estimate of drug-likeness (QED) is 0.857. The Morgan fingerprint density at radius 1 is 1.05 bits per heavy atom. The van der Waals surface area contributed by atoms with E-state index in [0.29, 0.717) is 23.4 Å². The molecule has 2 amide bonds. The van der Waals surface area contributed by atoms with E-state index < -0.39 is 0 Å². The molecule has 5 heteroatoms.